The van der Waals surface area contributed by atoms with Crippen LogP contribution in [0, 0.1) is 0 Å². The zero-order chi connectivity index (χ0) is 14.7. The number of hydrogen-bond acceptors (Lipinski definition) is 5. The van der Waals surface area contributed by atoms with Crippen molar-refractivity contribution in [1.82, 2.24) is 9.59 Å². The molecule has 3 N–H and O–H groups in total. The van der Waals surface area contributed by atoms with E-state index in [4.69, 9.17) is 29.6 Å². The Kier molecular flexibility index (Phi) is 4.64. The number of carbonyl (C=O) groups is 1. The molecule has 5 nitrogen and oxygen atoms in total. The summed E-state index contributed by atoms with van der Waals surface area (Å²) in [5, 5.41) is 7.14. The third-order valence-electron chi connectivity index (χ3n) is 2.59. The van der Waals surface area contributed by atoms with Gasteiger partial charge in [0.2, 0.25) is 0 Å². The number of nitrogens with two attached hydrogens (primary N) is 1. The highest BCUT2D eigenvalue weighted by molar-refractivity contribution is 7.80. The maximum Gasteiger partial charge on any atom is 0.269 e. The zero-order valence-corrected chi connectivity index (χ0v) is 12.9. The number of nitrogens with zero attached hydrogens (tertiary/aromatic N) is 2. The largest absolute Gasteiger partial charge is 0.389 e. The molecule has 1 aromatic heterocycles. The Morgan fingerprint density at radius 3 is 2.95 bits per heavy atom. The first-order valence-electron chi connectivity index (χ1n) is 5.74. The van der Waals surface area contributed by atoms with Gasteiger partial charge in [-0.25, -0.2) is 0 Å². The second kappa shape index (κ2) is 6.25. The SMILES string of the molecule is CCc1nnsc1C(=O)Nc1cc(Cl)ccc1C(N)=S. The number of thiocarbonyl (C=S) groups is 1. The molecule has 1 heterocycles. The number of carbonyl (C=O) groups excluding carboxylic acids is 1. The predicted molar refractivity (Wildman–Crippen MR) is 84.6 cm³/mol. The monoisotopic (exact) mass is 326 g/mol. The average molecular weight is 327 g/mol. The normalized spacial score (nSPS) is 10.3. The van der Waals surface area contributed by atoms with Gasteiger partial charge in [-0.3, -0.25) is 4.79 Å². The van der Waals surface area contributed by atoms with Crippen molar-refractivity contribution in [2.24, 2.45) is 5.73 Å². The quantitative estimate of drug-likeness (QED) is 0.844. The Morgan fingerprint density at radius 1 is 1.55 bits per heavy atom. The van der Waals surface area contributed by atoms with Crippen molar-refractivity contribution in [2.45, 2.75) is 13.3 Å². The van der Waals surface area contributed by atoms with Gasteiger partial charge in [0.25, 0.3) is 5.91 Å². The van der Waals surface area contributed by atoms with Gasteiger partial charge in [-0.05, 0) is 36.2 Å². The van der Waals surface area contributed by atoms with Crippen LogP contribution in [0.1, 0.15) is 27.9 Å². The summed E-state index contributed by atoms with van der Waals surface area (Å²) in [6, 6.07) is 4.94. The van der Waals surface area contributed by atoms with E-state index in [2.05, 4.69) is 14.9 Å². The van der Waals surface area contributed by atoms with Gasteiger partial charge in [0.05, 0.1) is 11.4 Å². The maximum absolute atomic E-state index is 12.2. The van der Waals surface area contributed by atoms with Gasteiger partial charge in [-0.1, -0.05) is 35.2 Å². The Morgan fingerprint density at radius 2 is 2.30 bits per heavy atom. The summed E-state index contributed by atoms with van der Waals surface area (Å²) in [4.78, 5) is 12.9. The molecule has 0 atom stereocenters. The highest BCUT2D eigenvalue weighted by Gasteiger charge is 2.17. The molecule has 0 saturated carbocycles. The molecular weight excluding hydrogens is 316 g/mol. The van der Waals surface area contributed by atoms with E-state index >= 15 is 0 Å². The van der Waals surface area contributed by atoms with E-state index in [9.17, 15) is 4.79 Å². The summed E-state index contributed by atoms with van der Waals surface area (Å²) in [6.45, 7) is 1.91. The van der Waals surface area contributed by atoms with E-state index in [1.165, 1.54) is 0 Å². The fraction of sp³-hybridized carbons (Fsp3) is 0.167. The van der Waals surface area contributed by atoms with Gasteiger partial charge in [0.1, 0.15) is 9.87 Å². The molecule has 2 rings (SSSR count). The number of halogens is 1. The van der Waals surface area contributed by atoms with Crippen LogP contribution in [0.2, 0.25) is 5.02 Å². The van der Waals surface area contributed by atoms with Crippen LogP contribution >= 0.6 is 35.4 Å². The summed E-state index contributed by atoms with van der Waals surface area (Å²) in [5.41, 5.74) is 7.33. The van der Waals surface area contributed by atoms with Crippen LogP contribution in [0.4, 0.5) is 5.69 Å². The summed E-state index contributed by atoms with van der Waals surface area (Å²) in [6.07, 6.45) is 0.636. The molecule has 1 aromatic carbocycles. The highest BCUT2D eigenvalue weighted by Crippen LogP contribution is 2.23. The summed E-state index contributed by atoms with van der Waals surface area (Å²) in [7, 11) is 0. The second-order valence-corrected chi connectivity index (χ2v) is 5.54. The Balaban J connectivity index is 2.32. The lowest BCUT2D eigenvalue weighted by molar-refractivity contribution is 0.102. The van der Waals surface area contributed by atoms with Crippen molar-refractivity contribution < 1.29 is 4.79 Å². The lowest BCUT2D eigenvalue weighted by Gasteiger charge is -2.10. The standard InChI is InChI=1S/C12H11ClN4OS2/c1-2-8-10(20-17-16-8)12(18)15-9-5-6(13)3-4-7(9)11(14)19/h3-5H,2H2,1H3,(H2,14,19)(H,15,18). The first-order chi connectivity index (χ1) is 9.52. The lowest BCUT2D eigenvalue weighted by atomic mass is 10.1. The number of amides is 1. The van der Waals surface area contributed by atoms with Crippen molar-refractivity contribution in [3.8, 4) is 0 Å². The third kappa shape index (κ3) is 3.12. The molecular formula is C12H11ClN4OS2. The molecule has 0 saturated heterocycles. The average Bonchev–Trinajstić information content (AvgIpc) is 2.86. The number of aromatic nitrogens is 2. The van der Waals surface area contributed by atoms with Gasteiger partial charge >= 0.3 is 0 Å². The van der Waals surface area contributed by atoms with Gasteiger partial charge in [0, 0.05) is 10.6 Å². The minimum absolute atomic E-state index is 0.190. The molecule has 104 valence electrons. The van der Waals surface area contributed by atoms with Crippen molar-refractivity contribution in [3.63, 3.8) is 0 Å². The van der Waals surface area contributed by atoms with Crippen molar-refractivity contribution in [1.29, 1.82) is 0 Å². The molecule has 0 aliphatic rings. The zero-order valence-electron chi connectivity index (χ0n) is 10.5. The van der Waals surface area contributed by atoms with Gasteiger partial charge < -0.3 is 11.1 Å². The topological polar surface area (TPSA) is 80.9 Å². The van der Waals surface area contributed by atoms with E-state index < -0.39 is 0 Å². The van der Waals surface area contributed by atoms with Crippen LogP contribution in [0.3, 0.4) is 0 Å². The van der Waals surface area contributed by atoms with Crippen LogP contribution < -0.4 is 11.1 Å². The summed E-state index contributed by atoms with van der Waals surface area (Å²) >= 11 is 11.9. The van der Waals surface area contributed by atoms with Crippen LogP contribution in [0.25, 0.3) is 0 Å². The predicted octanol–water partition coefficient (Wildman–Crippen LogP) is 2.64. The second-order valence-electron chi connectivity index (χ2n) is 3.91. The van der Waals surface area contributed by atoms with Gasteiger partial charge in [-0.2, -0.15) is 0 Å². The summed E-state index contributed by atoms with van der Waals surface area (Å²) in [5.74, 6) is -0.295. The smallest absolute Gasteiger partial charge is 0.269 e. The number of rotatable bonds is 4. The van der Waals surface area contributed by atoms with Gasteiger partial charge in [0.15, 0.2) is 0 Å². The maximum atomic E-state index is 12.2. The van der Waals surface area contributed by atoms with E-state index in [1.54, 1.807) is 18.2 Å². The molecule has 0 aliphatic heterocycles. The first-order valence-corrected chi connectivity index (χ1v) is 7.30. The Bertz CT molecular complexity index is 671. The molecule has 0 aliphatic carbocycles. The van der Waals surface area contributed by atoms with Crippen LogP contribution in [0.5, 0.6) is 0 Å². The number of anilines is 1. The van der Waals surface area contributed by atoms with Crippen molar-refractivity contribution in [3.05, 3.63) is 39.4 Å². The number of benzene rings is 1. The van der Waals surface area contributed by atoms with Crippen LogP contribution in [-0.2, 0) is 6.42 Å². The first kappa shape index (κ1) is 14.8. The minimum atomic E-state index is -0.295. The molecule has 0 unspecified atom stereocenters. The van der Waals surface area contributed by atoms with Crippen LogP contribution in [0.15, 0.2) is 18.2 Å². The number of hydrogen-bond donors (Lipinski definition) is 2. The molecule has 8 heteroatoms. The molecule has 20 heavy (non-hydrogen) atoms. The fourth-order valence-corrected chi connectivity index (χ4v) is 2.62. The summed E-state index contributed by atoms with van der Waals surface area (Å²) < 4.78 is 3.79. The van der Waals surface area contributed by atoms with E-state index in [0.29, 0.717) is 33.3 Å². The third-order valence-corrected chi connectivity index (χ3v) is 3.81. The molecule has 2 aromatic rings. The highest BCUT2D eigenvalue weighted by atomic mass is 35.5. The van der Waals surface area contributed by atoms with E-state index in [0.717, 1.165) is 11.5 Å². The number of nitrogens with one attached hydrogen (secondary N) is 1. The van der Waals surface area contributed by atoms with E-state index in [1.807, 2.05) is 6.92 Å². The Hall–Kier alpha value is -1.57. The van der Waals surface area contributed by atoms with Crippen LogP contribution in [-0.4, -0.2) is 20.5 Å². The molecule has 1 amide bonds. The fourth-order valence-electron chi connectivity index (χ4n) is 1.63. The Labute approximate surface area is 130 Å². The molecule has 0 bridgehead atoms. The van der Waals surface area contributed by atoms with Crippen molar-refractivity contribution >= 4 is 51.9 Å². The minimum Gasteiger partial charge on any atom is -0.389 e. The molecule has 0 spiro atoms. The van der Waals surface area contributed by atoms with Crippen molar-refractivity contribution in [2.75, 3.05) is 5.32 Å². The van der Waals surface area contributed by atoms with E-state index in [-0.39, 0.29) is 10.9 Å². The lowest BCUT2D eigenvalue weighted by Crippen LogP contribution is -2.17. The molecule has 0 fully saturated rings. The van der Waals surface area contributed by atoms with Gasteiger partial charge in [-0.15, -0.1) is 5.10 Å². The molecule has 0 radical (unpaired) electrons. The number of aryl methyl sites for hydroxylation is 1.